The smallest absolute Gasteiger partial charge is 0.305 e. The SMILES string of the molecule is COC(=O)CCCN(C(=O)CCN(C(C)=O)c1c(C)cccc1C)c1ccc(OC)cc1. The first-order valence-corrected chi connectivity index (χ1v) is 10.6. The van der Waals surface area contributed by atoms with Gasteiger partial charge in [0.1, 0.15) is 5.75 Å². The standard InChI is InChI=1S/C25H32N2O5/c1-18-8-6-9-19(2)25(18)26(20(3)28)17-15-23(29)27(16-7-10-24(30)32-5)21-11-13-22(31-4)14-12-21/h6,8-9,11-14H,7,10,15-17H2,1-5H3. The van der Waals surface area contributed by atoms with Crippen molar-refractivity contribution in [2.45, 2.75) is 40.0 Å². The van der Waals surface area contributed by atoms with Crippen molar-refractivity contribution in [2.24, 2.45) is 0 Å². The topological polar surface area (TPSA) is 76.2 Å². The fourth-order valence-electron chi connectivity index (χ4n) is 3.64. The van der Waals surface area contributed by atoms with Crippen molar-refractivity contribution in [3.8, 4) is 5.75 Å². The zero-order valence-corrected chi connectivity index (χ0v) is 19.5. The van der Waals surface area contributed by atoms with Gasteiger partial charge < -0.3 is 19.3 Å². The maximum absolute atomic E-state index is 13.2. The molecular formula is C25H32N2O5. The number of carbonyl (C=O) groups excluding carboxylic acids is 3. The van der Waals surface area contributed by atoms with Crippen molar-refractivity contribution in [1.29, 1.82) is 0 Å². The summed E-state index contributed by atoms with van der Waals surface area (Å²) < 4.78 is 9.91. The van der Waals surface area contributed by atoms with Crippen LogP contribution in [0.25, 0.3) is 0 Å². The van der Waals surface area contributed by atoms with Gasteiger partial charge in [-0.3, -0.25) is 14.4 Å². The van der Waals surface area contributed by atoms with E-state index in [9.17, 15) is 14.4 Å². The molecule has 0 unspecified atom stereocenters. The minimum Gasteiger partial charge on any atom is -0.497 e. The molecule has 0 atom stereocenters. The molecular weight excluding hydrogens is 408 g/mol. The normalized spacial score (nSPS) is 10.4. The highest BCUT2D eigenvalue weighted by Crippen LogP contribution is 2.26. The van der Waals surface area contributed by atoms with Crippen LogP contribution in [0.3, 0.4) is 0 Å². The molecule has 2 rings (SSSR count). The maximum Gasteiger partial charge on any atom is 0.305 e. The number of methoxy groups -OCH3 is 2. The number of hydrogen-bond acceptors (Lipinski definition) is 5. The van der Waals surface area contributed by atoms with Crippen LogP contribution in [0.15, 0.2) is 42.5 Å². The van der Waals surface area contributed by atoms with Crippen LogP contribution in [0, 0.1) is 13.8 Å². The van der Waals surface area contributed by atoms with Gasteiger partial charge in [-0.15, -0.1) is 0 Å². The molecule has 0 aliphatic heterocycles. The predicted octanol–water partition coefficient (Wildman–Crippen LogP) is 4.04. The van der Waals surface area contributed by atoms with Gasteiger partial charge in [-0.1, -0.05) is 18.2 Å². The first-order chi connectivity index (χ1) is 15.3. The Morgan fingerprint density at radius 3 is 2.00 bits per heavy atom. The number of para-hydroxylation sites is 1. The van der Waals surface area contributed by atoms with Gasteiger partial charge in [0.05, 0.1) is 14.2 Å². The van der Waals surface area contributed by atoms with Crippen molar-refractivity contribution in [3.05, 3.63) is 53.6 Å². The molecule has 32 heavy (non-hydrogen) atoms. The van der Waals surface area contributed by atoms with Crippen molar-refractivity contribution in [1.82, 2.24) is 0 Å². The zero-order valence-electron chi connectivity index (χ0n) is 19.5. The lowest BCUT2D eigenvalue weighted by molar-refractivity contribution is -0.140. The average molecular weight is 441 g/mol. The molecule has 2 aromatic carbocycles. The van der Waals surface area contributed by atoms with Crippen LogP contribution >= 0.6 is 0 Å². The van der Waals surface area contributed by atoms with Gasteiger partial charge in [0.15, 0.2) is 0 Å². The van der Waals surface area contributed by atoms with Crippen molar-refractivity contribution in [2.75, 3.05) is 37.1 Å². The molecule has 0 bridgehead atoms. The van der Waals surface area contributed by atoms with E-state index < -0.39 is 0 Å². The number of carbonyl (C=O) groups is 3. The van der Waals surface area contributed by atoms with Gasteiger partial charge in [0, 0.05) is 44.2 Å². The van der Waals surface area contributed by atoms with E-state index in [0.29, 0.717) is 24.4 Å². The molecule has 0 spiro atoms. The molecule has 0 aliphatic carbocycles. The summed E-state index contributed by atoms with van der Waals surface area (Å²) in [7, 11) is 2.93. The van der Waals surface area contributed by atoms with Crippen LogP contribution in [0.4, 0.5) is 11.4 Å². The fourth-order valence-corrected chi connectivity index (χ4v) is 3.64. The lowest BCUT2D eigenvalue weighted by atomic mass is 10.1. The Balaban J connectivity index is 2.19. The van der Waals surface area contributed by atoms with Crippen molar-refractivity contribution < 1.29 is 23.9 Å². The summed E-state index contributed by atoms with van der Waals surface area (Å²) in [6, 6.07) is 13.0. The third-order valence-corrected chi connectivity index (χ3v) is 5.31. The Kier molecular flexibility index (Phi) is 9.25. The summed E-state index contributed by atoms with van der Waals surface area (Å²) in [4.78, 5) is 40.4. The highest BCUT2D eigenvalue weighted by Gasteiger charge is 2.21. The number of esters is 1. The largest absolute Gasteiger partial charge is 0.497 e. The Hall–Kier alpha value is -3.35. The summed E-state index contributed by atoms with van der Waals surface area (Å²) in [6.07, 6.45) is 0.841. The molecule has 7 nitrogen and oxygen atoms in total. The van der Waals surface area contributed by atoms with Gasteiger partial charge in [-0.25, -0.2) is 0 Å². The van der Waals surface area contributed by atoms with E-state index in [2.05, 4.69) is 0 Å². The highest BCUT2D eigenvalue weighted by molar-refractivity contribution is 5.97. The van der Waals surface area contributed by atoms with E-state index in [1.165, 1.54) is 14.0 Å². The van der Waals surface area contributed by atoms with Gasteiger partial charge >= 0.3 is 5.97 Å². The second kappa shape index (κ2) is 11.9. The van der Waals surface area contributed by atoms with Crippen molar-refractivity contribution in [3.63, 3.8) is 0 Å². The summed E-state index contributed by atoms with van der Waals surface area (Å²) in [5.74, 6) is 0.132. The average Bonchev–Trinajstić information content (AvgIpc) is 2.78. The maximum atomic E-state index is 13.2. The predicted molar refractivity (Wildman–Crippen MR) is 125 cm³/mol. The second-order valence-corrected chi connectivity index (χ2v) is 7.58. The molecule has 2 aromatic rings. The summed E-state index contributed by atoms with van der Waals surface area (Å²) >= 11 is 0. The lowest BCUT2D eigenvalue weighted by Crippen LogP contribution is -2.37. The molecule has 0 aromatic heterocycles. The minimum atomic E-state index is -0.315. The van der Waals surface area contributed by atoms with Crippen LogP contribution < -0.4 is 14.5 Å². The molecule has 0 fully saturated rings. The number of aryl methyl sites for hydroxylation is 2. The van der Waals surface area contributed by atoms with Gasteiger partial charge in [-0.05, 0) is 55.7 Å². The number of rotatable bonds is 10. The van der Waals surface area contributed by atoms with Crippen LogP contribution in [0.5, 0.6) is 5.75 Å². The van der Waals surface area contributed by atoms with Crippen LogP contribution in [0.1, 0.15) is 37.3 Å². The molecule has 0 saturated carbocycles. The molecule has 0 saturated heterocycles. The molecule has 7 heteroatoms. The highest BCUT2D eigenvalue weighted by atomic mass is 16.5. The first-order valence-electron chi connectivity index (χ1n) is 10.6. The zero-order chi connectivity index (χ0) is 23.7. The van der Waals surface area contributed by atoms with E-state index in [4.69, 9.17) is 9.47 Å². The van der Waals surface area contributed by atoms with Crippen LogP contribution in [0.2, 0.25) is 0 Å². The van der Waals surface area contributed by atoms with E-state index in [1.54, 1.807) is 29.0 Å². The summed E-state index contributed by atoms with van der Waals surface area (Å²) in [6.45, 7) is 6.05. The van der Waals surface area contributed by atoms with E-state index in [-0.39, 0.29) is 37.2 Å². The molecule has 172 valence electrons. The molecule has 2 amide bonds. The van der Waals surface area contributed by atoms with Crippen LogP contribution in [-0.4, -0.2) is 45.1 Å². The van der Waals surface area contributed by atoms with E-state index in [1.807, 2.05) is 44.2 Å². The Labute approximate surface area is 189 Å². The number of ether oxygens (including phenoxy) is 2. The monoisotopic (exact) mass is 440 g/mol. The second-order valence-electron chi connectivity index (χ2n) is 7.58. The van der Waals surface area contributed by atoms with Gasteiger partial charge in [0.25, 0.3) is 0 Å². The van der Waals surface area contributed by atoms with E-state index >= 15 is 0 Å². The third-order valence-electron chi connectivity index (χ3n) is 5.31. The lowest BCUT2D eigenvalue weighted by Gasteiger charge is -2.27. The number of amides is 2. The number of nitrogens with zero attached hydrogens (tertiary/aromatic N) is 2. The third kappa shape index (κ3) is 6.57. The number of hydrogen-bond donors (Lipinski definition) is 0. The van der Waals surface area contributed by atoms with E-state index in [0.717, 1.165) is 16.8 Å². The number of benzene rings is 2. The number of anilines is 2. The summed E-state index contributed by atoms with van der Waals surface area (Å²) in [5, 5.41) is 0. The van der Waals surface area contributed by atoms with Gasteiger partial charge in [-0.2, -0.15) is 0 Å². The molecule has 0 radical (unpaired) electrons. The quantitative estimate of drug-likeness (QED) is 0.521. The Morgan fingerprint density at radius 2 is 1.47 bits per heavy atom. The Bertz CT molecular complexity index is 920. The molecule has 0 N–H and O–H groups in total. The van der Waals surface area contributed by atoms with Crippen molar-refractivity contribution >= 4 is 29.2 Å². The Morgan fingerprint density at radius 1 is 0.844 bits per heavy atom. The minimum absolute atomic E-state index is 0.114. The summed E-state index contributed by atoms with van der Waals surface area (Å²) in [5.41, 5.74) is 3.52. The van der Waals surface area contributed by atoms with Crippen LogP contribution in [-0.2, 0) is 19.1 Å². The molecule has 0 heterocycles. The van der Waals surface area contributed by atoms with Gasteiger partial charge in [0.2, 0.25) is 11.8 Å². The first kappa shape index (κ1) is 24.9. The molecule has 0 aliphatic rings. The fraction of sp³-hybridized carbons (Fsp3) is 0.400.